The van der Waals surface area contributed by atoms with Crippen LogP contribution in [0, 0.1) is 0 Å². The average molecular weight is 850 g/mol. The van der Waals surface area contributed by atoms with Gasteiger partial charge in [-0.25, -0.2) is 0 Å². The van der Waals surface area contributed by atoms with Gasteiger partial charge in [0.1, 0.15) is 6.10 Å². The van der Waals surface area contributed by atoms with Crippen LogP contribution in [0.4, 0.5) is 0 Å². The number of hydrogen-bond acceptors (Lipinski definition) is 5. The van der Waals surface area contributed by atoms with Crippen molar-refractivity contribution in [2.45, 2.75) is 328 Å². The molecule has 0 saturated heterocycles. The van der Waals surface area contributed by atoms with Crippen molar-refractivity contribution >= 4 is 11.9 Å². The summed E-state index contributed by atoms with van der Waals surface area (Å²) >= 11 is 0. The Kier molecular flexibility index (Phi) is 48.0. The van der Waals surface area contributed by atoms with Crippen LogP contribution in [0.25, 0.3) is 0 Å². The summed E-state index contributed by atoms with van der Waals surface area (Å²) in [5.41, 5.74) is 0. The van der Waals surface area contributed by atoms with E-state index in [0.717, 1.165) is 38.5 Å². The van der Waals surface area contributed by atoms with Gasteiger partial charge in [-0.05, 0) is 25.7 Å². The van der Waals surface area contributed by atoms with E-state index in [9.17, 15) is 19.8 Å². The molecule has 0 aliphatic heterocycles. The molecule has 0 aliphatic carbocycles. The number of aliphatic hydroxyl groups is 2. The van der Waals surface area contributed by atoms with Gasteiger partial charge in [0, 0.05) is 6.42 Å². The van der Waals surface area contributed by atoms with E-state index in [1.165, 1.54) is 225 Å². The number of rotatable bonds is 50. The third-order valence-corrected chi connectivity index (χ3v) is 12.9. The number of nitrogens with one attached hydrogen (secondary N) is 1. The monoisotopic (exact) mass is 850 g/mol. The van der Waals surface area contributed by atoms with Crippen LogP contribution in [0.15, 0.2) is 0 Å². The van der Waals surface area contributed by atoms with Crippen molar-refractivity contribution in [1.82, 2.24) is 5.32 Å². The van der Waals surface area contributed by atoms with Crippen LogP contribution in [-0.4, -0.2) is 46.9 Å². The Labute approximate surface area is 375 Å². The third kappa shape index (κ3) is 43.5. The number of amides is 1. The fraction of sp³-hybridized carbons (Fsp3) is 0.963. The van der Waals surface area contributed by atoms with Gasteiger partial charge in [-0.2, -0.15) is 0 Å². The van der Waals surface area contributed by atoms with Crippen LogP contribution >= 0.6 is 0 Å². The maximum absolute atomic E-state index is 13.2. The van der Waals surface area contributed by atoms with Crippen LogP contribution in [0.5, 0.6) is 0 Å². The maximum Gasteiger partial charge on any atom is 0.306 e. The summed E-state index contributed by atoms with van der Waals surface area (Å²) in [7, 11) is 0. The summed E-state index contributed by atoms with van der Waals surface area (Å²) in [4.78, 5) is 26.1. The Bertz CT molecular complexity index is 867. The number of carbonyl (C=O) groups excluding carboxylic acids is 2. The minimum Gasteiger partial charge on any atom is -0.462 e. The predicted molar refractivity (Wildman–Crippen MR) is 260 cm³/mol. The molecule has 0 radical (unpaired) electrons. The highest BCUT2D eigenvalue weighted by atomic mass is 16.5. The molecule has 3 atom stereocenters. The normalized spacial score (nSPS) is 13.1. The minimum atomic E-state index is -0.779. The predicted octanol–water partition coefficient (Wildman–Crippen LogP) is 16.4. The molecular formula is C54H107NO5. The standard InChI is InChI=1S/C54H107NO5/c1-4-7-10-13-16-19-22-24-26-28-30-32-35-38-41-44-47-54(59)60-50(45-42-39-36-33-21-18-15-12-9-6-3)48-53(58)55-51(49-56)52(57)46-43-40-37-34-31-29-27-25-23-20-17-14-11-8-5-2/h50-52,56-57H,4-49H2,1-3H3,(H,55,58). The zero-order valence-corrected chi connectivity index (χ0v) is 40.9. The van der Waals surface area contributed by atoms with E-state index < -0.39 is 18.2 Å². The van der Waals surface area contributed by atoms with Gasteiger partial charge in [0.2, 0.25) is 5.91 Å². The number of unbranched alkanes of at least 4 members (excludes halogenated alkanes) is 38. The molecule has 6 heteroatoms. The van der Waals surface area contributed by atoms with Gasteiger partial charge in [-0.3, -0.25) is 9.59 Å². The molecule has 0 heterocycles. The Morgan fingerprint density at radius 2 is 0.700 bits per heavy atom. The molecule has 0 spiro atoms. The number of carbonyl (C=O) groups is 2. The Morgan fingerprint density at radius 1 is 0.417 bits per heavy atom. The summed E-state index contributed by atoms with van der Waals surface area (Å²) in [5, 5.41) is 23.8. The molecule has 0 saturated carbocycles. The van der Waals surface area contributed by atoms with Crippen molar-refractivity contribution < 1.29 is 24.5 Å². The Hall–Kier alpha value is -1.14. The molecule has 3 unspecified atom stereocenters. The SMILES string of the molecule is CCCCCCCCCCCCCCCCCCC(=O)OC(CCCCCCCCCCCC)CC(=O)NC(CO)C(O)CCCCCCCCCCCCCCCCC. The van der Waals surface area contributed by atoms with Crippen molar-refractivity contribution in [3.63, 3.8) is 0 Å². The summed E-state index contributed by atoms with van der Waals surface area (Å²) in [6.07, 6.45) is 53.1. The highest BCUT2D eigenvalue weighted by Gasteiger charge is 2.24. The van der Waals surface area contributed by atoms with Crippen LogP contribution in [-0.2, 0) is 14.3 Å². The van der Waals surface area contributed by atoms with Gasteiger partial charge >= 0.3 is 5.97 Å². The Morgan fingerprint density at radius 3 is 1.02 bits per heavy atom. The number of esters is 1. The van der Waals surface area contributed by atoms with E-state index in [2.05, 4.69) is 26.1 Å². The zero-order valence-electron chi connectivity index (χ0n) is 40.9. The van der Waals surface area contributed by atoms with Crippen LogP contribution in [0.3, 0.4) is 0 Å². The topological polar surface area (TPSA) is 95.9 Å². The van der Waals surface area contributed by atoms with Gasteiger partial charge < -0.3 is 20.3 Å². The van der Waals surface area contributed by atoms with Gasteiger partial charge in [0.05, 0.1) is 25.2 Å². The largest absolute Gasteiger partial charge is 0.462 e. The molecule has 0 fully saturated rings. The first-order valence-corrected chi connectivity index (χ1v) is 27.3. The van der Waals surface area contributed by atoms with E-state index in [1.807, 2.05) is 0 Å². The second-order valence-electron chi connectivity index (χ2n) is 19.0. The molecule has 0 aromatic rings. The number of aliphatic hydroxyl groups excluding tert-OH is 2. The van der Waals surface area contributed by atoms with Crippen molar-refractivity contribution in [1.29, 1.82) is 0 Å². The lowest BCUT2D eigenvalue weighted by atomic mass is 10.0. The molecule has 0 aromatic carbocycles. The van der Waals surface area contributed by atoms with Crippen molar-refractivity contribution in [3.05, 3.63) is 0 Å². The molecule has 6 nitrogen and oxygen atoms in total. The van der Waals surface area contributed by atoms with E-state index in [-0.39, 0.29) is 24.9 Å². The zero-order chi connectivity index (χ0) is 43.8. The van der Waals surface area contributed by atoms with E-state index >= 15 is 0 Å². The molecule has 0 aliphatic rings. The first-order valence-electron chi connectivity index (χ1n) is 27.3. The second kappa shape index (κ2) is 48.9. The summed E-state index contributed by atoms with van der Waals surface area (Å²) < 4.78 is 5.94. The van der Waals surface area contributed by atoms with Crippen molar-refractivity contribution in [3.8, 4) is 0 Å². The van der Waals surface area contributed by atoms with Crippen LogP contribution in [0.1, 0.15) is 310 Å². The lowest BCUT2D eigenvalue weighted by Gasteiger charge is -2.24. The second-order valence-corrected chi connectivity index (χ2v) is 19.0. The molecule has 0 aromatic heterocycles. The van der Waals surface area contributed by atoms with E-state index in [0.29, 0.717) is 19.3 Å². The minimum absolute atomic E-state index is 0.0876. The fourth-order valence-electron chi connectivity index (χ4n) is 8.79. The fourth-order valence-corrected chi connectivity index (χ4v) is 8.79. The lowest BCUT2D eigenvalue weighted by Crippen LogP contribution is -2.46. The van der Waals surface area contributed by atoms with Gasteiger partial charge in [0.15, 0.2) is 0 Å². The highest BCUT2D eigenvalue weighted by molar-refractivity contribution is 5.77. The molecule has 358 valence electrons. The molecule has 0 bridgehead atoms. The van der Waals surface area contributed by atoms with E-state index in [4.69, 9.17) is 4.74 Å². The maximum atomic E-state index is 13.2. The van der Waals surface area contributed by atoms with Crippen molar-refractivity contribution in [2.75, 3.05) is 6.61 Å². The highest BCUT2D eigenvalue weighted by Crippen LogP contribution is 2.19. The molecular weight excluding hydrogens is 743 g/mol. The molecule has 0 rings (SSSR count). The number of ether oxygens (including phenoxy) is 1. The quantitative estimate of drug-likeness (QED) is 0.0419. The van der Waals surface area contributed by atoms with Gasteiger partial charge in [0.25, 0.3) is 0 Å². The van der Waals surface area contributed by atoms with Crippen molar-refractivity contribution in [2.24, 2.45) is 0 Å². The molecule has 60 heavy (non-hydrogen) atoms. The van der Waals surface area contributed by atoms with Gasteiger partial charge in [-0.1, -0.05) is 271 Å². The molecule has 3 N–H and O–H groups in total. The first kappa shape index (κ1) is 58.9. The number of hydrogen-bond donors (Lipinski definition) is 3. The Balaban J connectivity index is 4.40. The van der Waals surface area contributed by atoms with Crippen LogP contribution in [0.2, 0.25) is 0 Å². The average Bonchev–Trinajstić information content (AvgIpc) is 3.24. The third-order valence-electron chi connectivity index (χ3n) is 12.9. The molecule has 1 amide bonds. The lowest BCUT2D eigenvalue weighted by molar-refractivity contribution is -0.151. The first-order chi connectivity index (χ1) is 29.5. The smallest absolute Gasteiger partial charge is 0.306 e. The van der Waals surface area contributed by atoms with E-state index in [1.54, 1.807) is 0 Å². The summed E-state index contributed by atoms with van der Waals surface area (Å²) in [6, 6.07) is -0.692. The van der Waals surface area contributed by atoms with Crippen LogP contribution < -0.4 is 5.32 Å². The summed E-state index contributed by atoms with van der Waals surface area (Å²) in [6.45, 7) is 6.51. The van der Waals surface area contributed by atoms with Gasteiger partial charge in [-0.15, -0.1) is 0 Å². The summed E-state index contributed by atoms with van der Waals surface area (Å²) in [5.74, 6) is -0.450.